The number of carbonyl (C=O) groups is 1. The molecule has 4 aromatic rings. The maximum absolute atomic E-state index is 13.4. The molecule has 1 atom stereocenters. The number of ether oxygens (including phenoxy) is 1. The van der Waals surface area contributed by atoms with Crippen molar-refractivity contribution in [3.63, 3.8) is 0 Å². The molecule has 5 N–H and O–H groups in total. The van der Waals surface area contributed by atoms with E-state index in [2.05, 4.69) is 25.3 Å². The molecule has 216 valence electrons. The lowest BCUT2D eigenvalue weighted by Crippen LogP contribution is -2.32. The highest BCUT2D eigenvalue weighted by atomic mass is 32.2. The fraction of sp³-hybridized carbons (Fsp3) is 0.250. The normalized spacial score (nSPS) is 15.2. The summed E-state index contributed by atoms with van der Waals surface area (Å²) >= 11 is 0. The molecule has 1 aliphatic heterocycles. The number of likely N-dealkylation sites (tertiary alicyclic amines) is 1. The smallest absolute Gasteiger partial charge is 0.263 e. The Bertz CT molecular complexity index is 1670. The number of carbonyl (C=O) groups excluding carboxylic acids is 1. The van der Waals surface area contributed by atoms with Crippen LogP contribution in [0.5, 0.6) is 11.5 Å². The molecule has 5 rings (SSSR count). The first-order valence-electron chi connectivity index (χ1n) is 12.4. The minimum absolute atomic E-state index is 0. The van der Waals surface area contributed by atoms with E-state index in [1.54, 1.807) is 36.4 Å². The van der Waals surface area contributed by atoms with Crippen LogP contribution in [-0.2, 0) is 14.8 Å². The van der Waals surface area contributed by atoms with E-state index in [9.17, 15) is 23.4 Å². The van der Waals surface area contributed by atoms with Crippen LogP contribution in [0, 0.1) is 0 Å². The molecule has 12 nitrogen and oxygen atoms in total. The van der Waals surface area contributed by atoms with Crippen LogP contribution < -0.4 is 20.1 Å². The molecular formula is C28H32N6O6S. The number of aromatic hydroxyl groups is 1. The Morgan fingerprint density at radius 3 is 2.44 bits per heavy atom. The van der Waals surface area contributed by atoms with Crippen molar-refractivity contribution in [3.8, 4) is 11.5 Å². The molecule has 2 heterocycles. The zero-order valence-corrected chi connectivity index (χ0v) is 22.4. The van der Waals surface area contributed by atoms with Gasteiger partial charge >= 0.3 is 0 Å². The molecule has 0 aliphatic carbocycles. The number of aliphatic hydroxyl groups is 1. The highest BCUT2D eigenvalue weighted by molar-refractivity contribution is 7.92. The lowest BCUT2D eigenvalue weighted by atomic mass is 10.2. The minimum Gasteiger partial charge on any atom is -0.508 e. The fourth-order valence-corrected chi connectivity index (χ4v) is 5.41. The molecule has 0 unspecified atom stereocenters. The van der Waals surface area contributed by atoms with Gasteiger partial charge in [-0.2, -0.15) is 0 Å². The van der Waals surface area contributed by atoms with Gasteiger partial charge in [0.05, 0.1) is 35.7 Å². The largest absolute Gasteiger partial charge is 0.508 e. The third-order valence-electron chi connectivity index (χ3n) is 6.23. The second kappa shape index (κ2) is 12.4. The van der Waals surface area contributed by atoms with E-state index in [1.165, 1.54) is 37.4 Å². The van der Waals surface area contributed by atoms with Gasteiger partial charge in [-0.15, -0.1) is 0 Å². The van der Waals surface area contributed by atoms with Crippen LogP contribution in [0.3, 0.4) is 0 Å². The van der Waals surface area contributed by atoms with Gasteiger partial charge in [-0.3, -0.25) is 14.4 Å². The summed E-state index contributed by atoms with van der Waals surface area (Å²) in [6.07, 6.45) is 0.166. The number of β-amino-alcohol motifs (C(OH)–C–C–N with tert-alkyl or cyclic N) is 1. The van der Waals surface area contributed by atoms with E-state index >= 15 is 0 Å². The minimum atomic E-state index is -4.17. The number of nitrogens with one attached hydrogen (secondary N) is 3. The molecule has 1 aromatic heterocycles. The zero-order valence-electron chi connectivity index (χ0n) is 21.5. The second-order valence-electron chi connectivity index (χ2n) is 9.31. The Morgan fingerprint density at radius 1 is 1.02 bits per heavy atom. The van der Waals surface area contributed by atoms with E-state index in [4.69, 9.17) is 4.74 Å². The molecule has 13 heteroatoms. The predicted octanol–water partition coefficient (Wildman–Crippen LogP) is 3.53. The number of phenols is 1. The topological polar surface area (TPSA) is 166 Å². The van der Waals surface area contributed by atoms with Crippen LogP contribution >= 0.6 is 0 Å². The summed E-state index contributed by atoms with van der Waals surface area (Å²) in [5.41, 5.74) is 1.70. The lowest BCUT2D eigenvalue weighted by molar-refractivity contribution is -0.117. The summed E-state index contributed by atoms with van der Waals surface area (Å²) in [7, 11) is -2.71. The van der Waals surface area contributed by atoms with Crippen molar-refractivity contribution in [1.29, 1.82) is 0 Å². The Kier molecular flexibility index (Phi) is 8.91. The summed E-state index contributed by atoms with van der Waals surface area (Å²) in [5.74, 6) is 0.0518. The monoisotopic (exact) mass is 580 g/mol. The fourth-order valence-electron chi connectivity index (χ4n) is 4.36. The molecule has 0 radical (unpaired) electrons. The predicted molar refractivity (Wildman–Crippen MR) is 157 cm³/mol. The number of phenolic OH excluding ortho intramolecular Hbond substituents is 1. The molecule has 41 heavy (non-hydrogen) atoms. The highest BCUT2D eigenvalue weighted by Crippen LogP contribution is 2.31. The maximum atomic E-state index is 13.4. The Balaban J connectivity index is 0.00000387. The number of hydrogen-bond acceptors (Lipinski definition) is 10. The summed E-state index contributed by atoms with van der Waals surface area (Å²) in [5, 5.41) is 25.4. The van der Waals surface area contributed by atoms with Crippen molar-refractivity contribution >= 4 is 50.0 Å². The van der Waals surface area contributed by atoms with Crippen molar-refractivity contribution in [2.45, 2.75) is 24.8 Å². The van der Waals surface area contributed by atoms with Gasteiger partial charge in [-0.05, 0) is 36.8 Å². The summed E-state index contributed by atoms with van der Waals surface area (Å²) in [6.45, 7) is 1.13. The number of benzene rings is 3. The number of nitrogens with zero attached hydrogens (tertiary/aromatic N) is 3. The van der Waals surface area contributed by atoms with Gasteiger partial charge in [0, 0.05) is 42.7 Å². The Labute approximate surface area is 238 Å². The summed E-state index contributed by atoms with van der Waals surface area (Å²) in [4.78, 5) is 23.2. The van der Waals surface area contributed by atoms with Crippen molar-refractivity contribution in [3.05, 3.63) is 66.7 Å². The molecule has 1 aliphatic rings. The van der Waals surface area contributed by atoms with Gasteiger partial charge in [-0.25, -0.2) is 18.4 Å². The van der Waals surface area contributed by atoms with Crippen molar-refractivity contribution < 1.29 is 28.2 Å². The number of sulfonamides is 1. The van der Waals surface area contributed by atoms with E-state index in [1.807, 2.05) is 4.90 Å². The van der Waals surface area contributed by atoms with Crippen LogP contribution in [-0.4, -0.2) is 72.3 Å². The molecule has 0 saturated carbocycles. The van der Waals surface area contributed by atoms with Crippen molar-refractivity contribution in [1.82, 2.24) is 14.9 Å². The number of aliphatic hydroxyl groups excluding tert-OH is 1. The molecule has 0 bridgehead atoms. The summed E-state index contributed by atoms with van der Waals surface area (Å²) in [6, 6.07) is 17.3. The van der Waals surface area contributed by atoms with Gasteiger partial charge in [0.15, 0.2) is 11.6 Å². The van der Waals surface area contributed by atoms with E-state index in [0.29, 0.717) is 47.7 Å². The summed E-state index contributed by atoms with van der Waals surface area (Å²) < 4.78 is 34.6. The molecule has 1 saturated heterocycles. The number of hydrogen-bond donors (Lipinski definition) is 5. The van der Waals surface area contributed by atoms with Crippen LogP contribution in [0.15, 0.2) is 71.6 Å². The van der Waals surface area contributed by atoms with Crippen molar-refractivity contribution in [2.75, 3.05) is 42.1 Å². The van der Waals surface area contributed by atoms with Crippen molar-refractivity contribution in [2.24, 2.45) is 0 Å². The highest BCUT2D eigenvalue weighted by Gasteiger charge is 2.23. The molecule has 3 aromatic carbocycles. The first kappa shape index (κ1) is 29.5. The molecule has 1 amide bonds. The van der Waals surface area contributed by atoms with Crippen LogP contribution in [0.4, 0.5) is 23.0 Å². The van der Waals surface area contributed by atoms with E-state index in [-0.39, 0.29) is 42.2 Å². The van der Waals surface area contributed by atoms with Gasteiger partial charge in [0.2, 0.25) is 5.91 Å². The van der Waals surface area contributed by atoms with Crippen LogP contribution in [0.2, 0.25) is 0 Å². The van der Waals surface area contributed by atoms with Gasteiger partial charge < -0.3 is 25.6 Å². The standard InChI is InChI=1S/C27H28N6O6S.CH4/c1-39-21-12-18(11-20(35)14-21)29-26-27(31-24-8-3-2-7-23(24)30-26)32-40(37,38)22-6-4-5-17(13-22)28-25(36)16-33-10-9-19(34)15-33;/h2-8,11-14,19,34-35H,9-10,15-16H2,1H3,(H,28,36)(H,29,30)(H,31,32);1H4/t19-;/m0./s1. The molecule has 1 fully saturated rings. The van der Waals surface area contributed by atoms with Gasteiger partial charge in [0.1, 0.15) is 11.5 Å². The number of para-hydroxylation sites is 2. The van der Waals surface area contributed by atoms with Crippen LogP contribution in [0.1, 0.15) is 13.8 Å². The number of anilines is 4. The van der Waals surface area contributed by atoms with E-state index in [0.717, 1.165) is 0 Å². The first-order chi connectivity index (χ1) is 19.2. The SMILES string of the molecule is C.COc1cc(O)cc(Nc2nc3ccccc3nc2NS(=O)(=O)c2cccc(NC(=O)CN3CC[C@H](O)C3)c2)c1. The lowest BCUT2D eigenvalue weighted by Gasteiger charge is -2.16. The Hall–Kier alpha value is -4.46. The van der Waals surface area contributed by atoms with Gasteiger partial charge in [0.25, 0.3) is 10.0 Å². The maximum Gasteiger partial charge on any atom is 0.263 e. The number of fused-ring (bicyclic) bond motifs is 1. The average Bonchev–Trinajstić information content (AvgIpc) is 3.32. The third-order valence-corrected chi connectivity index (χ3v) is 7.57. The average molecular weight is 581 g/mol. The molecule has 0 spiro atoms. The zero-order chi connectivity index (χ0) is 28.3. The second-order valence-corrected chi connectivity index (χ2v) is 11.0. The number of aromatic nitrogens is 2. The van der Waals surface area contributed by atoms with Crippen LogP contribution in [0.25, 0.3) is 11.0 Å². The van der Waals surface area contributed by atoms with Gasteiger partial charge in [-0.1, -0.05) is 25.6 Å². The number of methoxy groups -OCH3 is 1. The number of rotatable bonds is 9. The Morgan fingerprint density at radius 2 is 1.76 bits per heavy atom. The van der Waals surface area contributed by atoms with E-state index < -0.39 is 16.1 Å². The third kappa shape index (κ3) is 7.20. The quantitative estimate of drug-likeness (QED) is 0.198. The molecular weight excluding hydrogens is 548 g/mol. The number of amides is 1. The first-order valence-corrected chi connectivity index (χ1v) is 13.9.